The van der Waals surface area contributed by atoms with E-state index in [9.17, 15) is 4.79 Å². The lowest BCUT2D eigenvalue weighted by Crippen LogP contribution is -2.40. The zero-order valence-corrected chi connectivity index (χ0v) is 18.2. The van der Waals surface area contributed by atoms with Crippen LogP contribution in [0.4, 0.5) is 4.79 Å². The van der Waals surface area contributed by atoms with Gasteiger partial charge < -0.3 is 9.64 Å². The van der Waals surface area contributed by atoms with Gasteiger partial charge in [0.1, 0.15) is 5.75 Å². The third-order valence-corrected chi connectivity index (χ3v) is 5.60. The molecule has 4 nitrogen and oxygen atoms in total. The van der Waals surface area contributed by atoms with Crippen LogP contribution in [0.2, 0.25) is 5.02 Å². The monoisotopic (exact) mass is 404 g/mol. The van der Waals surface area contributed by atoms with Crippen LogP contribution in [0, 0.1) is 17.8 Å². The highest BCUT2D eigenvalue weighted by Crippen LogP contribution is 2.27. The SMILES string of the molecule is CCCCCN(C)CC#CC1CCC(N(C)C(=O)Oc2ccc(Cl)cc2)CC1. The van der Waals surface area contributed by atoms with E-state index >= 15 is 0 Å². The van der Waals surface area contributed by atoms with Crippen LogP contribution in [0.25, 0.3) is 0 Å². The summed E-state index contributed by atoms with van der Waals surface area (Å²) in [6, 6.07) is 7.07. The van der Waals surface area contributed by atoms with Crippen molar-refractivity contribution in [1.82, 2.24) is 9.80 Å². The van der Waals surface area contributed by atoms with Gasteiger partial charge in [0.25, 0.3) is 0 Å². The van der Waals surface area contributed by atoms with Gasteiger partial charge in [-0.3, -0.25) is 4.90 Å². The Morgan fingerprint density at radius 2 is 1.82 bits per heavy atom. The molecule has 5 heteroatoms. The van der Waals surface area contributed by atoms with Crippen molar-refractivity contribution in [3.8, 4) is 17.6 Å². The maximum atomic E-state index is 12.4. The van der Waals surface area contributed by atoms with Crippen molar-refractivity contribution < 1.29 is 9.53 Å². The number of halogens is 1. The summed E-state index contributed by atoms with van der Waals surface area (Å²) < 4.78 is 5.44. The lowest BCUT2D eigenvalue weighted by molar-refractivity contribution is 0.129. The molecule has 0 heterocycles. The second-order valence-corrected chi connectivity index (χ2v) is 8.14. The van der Waals surface area contributed by atoms with Crippen molar-refractivity contribution in [1.29, 1.82) is 0 Å². The van der Waals surface area contributed by atoms with Crippen LogP contribution < -0.4 is 4.74 Å². The molecule has 0 saturated heterocycles. The zero-order chi connectivity index (χ0) is 20.4. The van der Waals surface area contributed by atoms with E-state index in [1.54, 1.807) is 29.2 Å². The number of hydrogen-bond donors (Lipinski definition) is 0. The van der Waals surface area contributed by atoms with Crippen LogP contribution in [0.15, 0.2) is 24.3 Å². The van der Waals surface area contributed by atoms with Gasteiger partial charge in [0.2, 0.25) is 0 Å². The molecule has 0 aliphatic heterocycles. The lowest BCUT2D eigenvalue weighted by Gasteiger charge is -2.32. The minimum Gasteiger partial charge on any atom is -0.410 e. The summed E-state index contributed by atoms with van der Waals surface area (Å²) in [7, 11) is 3.96. The second kappa shape index (κ2) is 12.0. The molecule has 0 bridgehead atoms. The Kier molecular flexibility index (Phi) is 9.67. The predicted octanol–water partition coefficient (Wildman–Crippen LogP) is 5.45. The molecule has 1 saturated carbocycles. The van der Waals surface area contributed by atoms with Crippen LogP contribution in [-0.4, -0.2) is 49.1 Å². The maximum Gasteiger partial charge on any atom is 0.415 e. The Labute approximate surface area is 175 Å². The smallest absolute Gasteiger partial charge is 0.410 e. The Morgan fingerprint density at radius 1 is 1.14 bits per heavy atom. The van der Waals surface area contributed by atoms with Gasteiger partial charge in [0.05, 0.1) is 6.54 Å². The molecule has 0 N–H and O–H groups in total. The van der Waals surface area contributed by atoms with Gasteiger partial charge in [-0.2, -0.15) is 0 Å². The molecule has 28 heavy (non-hydrogen) atoms. The number of nitrogens with zero attached hydrogens (tertiary/aromatic N) is 2. The molecule has 1 aliphatic carbocycles. The van der Waals surface area contributed by atoms with Crippen molar-refractivity contribution in [3.63, 3.8) is 0 Å². The molecule has 0 aromatic heterocycles. The Morgan fingerprint density at radius 3 is 2.46 bits per heavy atom. The first-order valence-corrected chi connectivity index (χ1v) is 10.7. The highest BCUT2D eigenvalue weighted by atomic mass is 35.5. The minimum atomic E-state index is -0.314. The molecule has 0 spiro atoms. The number of hydrogen-bond acceptors (Lipinski definition) is 3. The standard InChI is InChI=1S/C23H33ClN2O2/c1-4-5-6-17-25(2)18-7-8-19-9-13-21(14-10-19)26(3)23(27)28-22-15-11-20(24)12-16-22/h11-12,15-16,19,21H,4-6,9-10,13-14,17-18H2,1-3H3. The Bertz CT molecular complexity index is 657. The number of carbonyl (C=O) groups excluding carboxylic acids is 1. The molecular weight excluding hydrogens is 372 g/mol. The van der Waals surface area contributed by atoms with E-state index in [-0.39, 0.29) is 12.1 Å². The number of benzene rings is 1. The van der Waals surface area contributed by atoms with Crippen LogP contribution >= 0.6 is 11.6 Å². The number of amides is 1. The van der Waals surface area contributed by atoms with Gasteiger partial charge in [-0.25, -0.2) is 4.79 Å². The maximum absolute atomic E-state index is 12.4. The van der Waals surface area contributed by atoms with Gasteiger partial charge >= 0.3 is 6.09 Å². The van der Waals surface area contributed by atoms with Gasteiger partial charge in [-0.05, 0) is 70.0 Å². The van der Waals surface area contributed by atoms with E-state index in [2.05, 4.69) is 30.7 Å². The van der Waals surface area contributed by atoms with Crippen LogP contribution in [0.3, 0.4) is 0 Å². The first-order valence-electron chi connectivity index (χ1n) is 10.4. The van der Waals surface area contributed by atoms with Crippen molar-refractivity contribution in [2.24, 2.45) is 5.92 Å². The van der Waals surface area contributed by atoms with Gasteiger partial charge in [0, 0.05) is 24.0 Å². The van der Waals surface area contributed by atoms with Crippen LogP contribution in [-0.2, 0) is 0 Å². The van der Waals surface area contributed by atoms with Crippen molar-refractivity contribution in [3.05, 3.63) is 29.3 Å². The summed E-state index contributed by atoms with van der Waals surface area (Å²) in [6.07, 6.45) is 7.49. The van der Waals surface area contributed by atoms with E-state index in [1.165, 1.54) is 19.3 Å². The molecule has 1 amide bonds. The van der Waals surface area contributed by atoms with E-state index in [0.717, 1.165) is 38.8 Å². The fraction of sp³-hybridized carbons (Fsp3) is 0.609. The van der Waals surface area contributed by atoms with Crippen LogP contribution in [0.5, 0.6) is 5.75 Å². The summed E-state index contributed by atoms with van der Waals surface area (Å²) in [4.78, 5) is 16.4. The topological polar surface area (TPSA) is 32.8 Å². The van der Waals surface area contributed by atoms with Gasteiger partial charge in [0.15, 0.2) is 0 Å². The normalized spacial score (nSPS) is 19.0. The quantitative estimate of drug-likeness (QED) is 0.447. The third kappa shape index (κ3) is 7.73. The summed E-state index contributed by atoms with van der Waals surface area (Å²) in [6.45, 7) is 4.19. The summed E-state index contributed by atoms with van der Waals surface area (Å²) >= 11 is 5.86. The molecule has 2 rings (SSSR count). The average Bonchev–Trinajstić information content (AvgIpc) is 2.70. The molecule has 1 aromatic rings. The predicted molar refractivity (Wildman–Crippen MR) is 116 cm³/mol. The molecular formula is C23H33ClN2O2. The highest BCUT2D eigenvalue weighted by molar-refractivity contribution is 6.30. The molecule has 0 atom stereocenters. The van der Waals surface area contributed by atoms with E-state index in [4.69, 9.17) is 16.3 Å². The number of carbonyl (C=O) groups is 1. The second-order valence-electron chi connectivity index (χ2n) is 7.70. The highest BCUT2D eigenvalue weighted by Gasteiger charge is 2.26. The molecule has 0 radical (unpaired) electrons. The van der Waals surface area contributed by atoms with Crippen molar-refractivity contribution >= 4 is 17.7 Å². The average molecular weight is 405 g/mol. The number of rotatable bonds is 7. The summed E-state index contributed by atoms with van der Waals surface area (Å²) in [5, 5.41) is 0.625. The molecule has 1 fully saturated rings. The fourth-order valence-electron chi connectivity index (χ4n) is 3.47. The van der Waals surface area contributed by atoms with Crippen molar-refractivity contribution in [2.45, 2.75) is 57.9 Å². The largest absolute Gasteiger partial charge is 0.415 e. The Balaban J connectivity index is 1.71. The number of unbranched alkanes of at least 4 members (excludes halogenated alkanes) is 2. The first-order chi connectivity index (χ1) is 13.5. The number of ether oxygens (including phenoxy) is 1. The summed E-state index contributed by atoms with van der Waals surface area (Å²) in [5.41, 5.74) is 0. The lowest BCUT2D eigenvalue weighted by atomic mass is 9.86. The zero-order valence-electron chi connectivity index (χ0n) is 17.4. The van der Waals surface area contributed by atoms with E-state index in [1.807, 2.05) is 7.05 Å². The van der Waals surface area contributed by atoms with Gasteiger partial charge in [-0.1, -0.05) is 43.2 Å². The molecule has 1 aromatic carbocycles. The van der Waals surface area contributed by atoms with Crippen molar-refractivity contribution in [2.75, 3.05) is 27.2 Å². The van der Waals surface area contributed by atoms with E-state index < -0.39 is 0 Å². The molecule has 1 aliphatic rings. The van der Waals surface area contributed by atoms with Crippen LogP contribution in [0.1, 0.15) is 51.9 Å². The fourth-order valence-corrected chi connectivity index (χ4v) is 3.59. The van der Waals surface area contributed by atoms with E-state index in [0.29, 0.717) is 16.7 Å². The Hall–Kier alpha value is -1.70. The van der Waals surface area contributed by atoms with Gasteiger partial charge in [-0.15, -0.1) is 0 Å². The minimum absolute atomic E-state index is 0.217. The first kappa shape index (κ1) is 22.6. The third-order valence-electron chi connectivity index (χ3n) is 5.35. The molecule has 0 unspecified atom stereocenters. The molecule has 154 valence electrons. The summed E-state index contributed by atoms with van der Waals surface area (Å²) in [5.74, 6) is 7.75.